The van der Waals surface area contributed by atoms with Crippen LogP contribution in [0.3, 0.4) is 0 Å². The number of carbonyl (C=O) groups is 1. The SMILES string of the molecule is Cc1cc(Cl)ccc1OC(=O)CCc1ncc(-c2ccccc2Cl)o1. The molecule has 0 amide bonds. The minimum atomic E-state index is -0.358. The van der Waals surface area contributed by atoms with Crippen LogP contribution >= 0.6 is 23.2 Å². The molecular weight excluding hydrogens is 361 g/mol. The second kappa shape index (κ2) is 7.72. The van der Waals surface area contributed by atoms with Gasteiger partial charge in [0.05, 0.1) is 17.6 Å². The molecule has 4 nitrogen and oxygen atoms in total. The van der Waals surface area contributed by atoms with Crippen LogP contribution in [0.1, 0.15) is 17.9 Å². The maximum atomic E-state index is 12.0. The summed E-state index contributed by atoms with van der Waals surface area (Å²) in [6, 6.07) is 12.5. The Morgan fingerprint density at radius 3 is 2.76 bits per heavy atom. The molecule has 2 aromatic carbocycles. The summed E-state index contributed by atoms with van der Waals surface area (Å²) < 4.78 is 11.0. The molecule has 3 aromatic rings. The van der Waals surface area contributed by atoms with E-state index in [1.54, 1.807) is 30.5 Å². The Morgan fingerprint density at radius 2 is 2.00 bits per heavy atom. The van der Waals surface area contributed by atoms with Gasteiger partial charge in [-0.15, -0.1) is 0 Å². The maximum absolute atomic E-state index is 12.0. The van der Waals surface area contributed by atoms with Crippen molar-refractivity contribution in [3.8, 4) is 17.1 Å². The molecule has 0 aliphatic heterocycles. The molecule has 0 N–H and O–H groups in total. The third-order valence-electron chi connectivity index (χ3n) is 3.60. The number of carbonyl (C=O) groups excluding carboxylic acids is 1. The Balaban J connectivity index is 1.60. The fraction of sp³-hybridized carbons (Fsp3) is 0.158. The Hall–Kier alpha value is -2.30. The summed E-state index contributed by atoms with van der Waals surface area (Å²) in [5, 5.41) is 1.19. The van der Waals surface area contributed by atoms with Crippen molar-refractivity contribution in [1.82, 2.24) is 4.98 Å². The van der Waals surface area contributed by atoms with E-state index in [2.05, 4.69) is 4.98 Å². The van der Waals surface area contributed by atoms with Crippen molar-refractivity contribution in [2.45, 2.75) is 19.8 Å². The second-order valence-electron chi connectivity index (χ2n) is 5.48. The molecule has 128 valence electrons. The summed E-state index contributed by atoms with van der Waals surface area (Å²) in [5.41, 5.74) is 1.57. The second-order valence-corrected chi connectivity index (χ2v) is 6.33. The number of nitrogens with zero attached hydrogens (tertiary/aromatic N) is 1. The van der Waals surface area contributed by atoms with Crippen LogP contribution in [0.2, 0.25) is 10.0 Å². The number of oxazole rings is 1. The number of aryl methyl sites for hydroxylation is 2. The molecule has 3 rings (SSSR count). The smallest absolute Gasteiger partial charge is 0.311 e. The van der Waals surface area contributed by atoms with E-state index < -0.39 is 0 Å². The molecule has 0 aliphatic carbocycles. The summed E-state index contributed by atoms with van der Waals surface area (Å²) in [5.74, 6) is 1.17. The standard InChI is InChI=1S/C19H15Cl2NO3/c1-12-10-13(20)6-7-16(12)25-19(23)9-8-18-22-11-17(24-18)14-4-2-3-5-15(14)21/h2-7,10-11H,8-9H2,1H3. The maximum Gasteiger partial charge on any atom is 0.311 e. The first-order valence-electron chi connectivity index (χ1n) is 7.69. The number of benzene rings is 2. The predicted molar refractivity (Wildman–Crippen MR) is 97.1 cm³/mol. The minimum absolute atomic E-state index is 0.157. The molecule has 0 spiro atoms. The Labute approximate surface area is 155 Å². The van der Waals surface area contributed by atoms with Gasteiger partial charge >= 0.3 is 5.97 Å². The zero-order valence-electron chi connectivity index (χ0n) is 13.5. The summed E-state index contributed by atoms with van der Waals surface area (Å²) in [7, 11) is 0. The number of aromatic nitrogens is 1. The lowest BCUT2D eigenvalue weighted by atomic mass is 10.2. The average molecular weight is 376 g/mol. The van der Waals surface area contributed by atoms with E-state index in [0.717, 1.165) is 11.1 Å². The third-order valence-corrected chi connectivity index (χ3v) is 4.16. The largest absolute Gasteiger partial charge is 0.441 e. The first-order valence-corrected chi connectivity index (χ1v) is 8.45. The average Bonchev–Trinajstić information content (AvgIpc) is 3.05. The summed E-state index contributed by atoms with van der Waals surface area (Å²) in [6.45, 7) is 1.83. The summed E-state index contributed by atoms with van der Waals surface area (Å²) in [4.78, 5) is 16.2. The highest BCUT2D eigenvalue weighted by Gasteiger charge is 2.13. The van der Waals surface area contributed by atoms with Gasteiger partial charge in [0.25, 0.3) is 0 Å². The molecule has 0 saturated heterocycles. The molecule has 1 aromatic heterocycles. The van der Waals surface area contributed by atoms with Gasteiger partial charge < -0.3 is 9.15 Å². The van der Waals surface area contributed by atoms with Crippen molar-refractivity contribution in [2.75, 3.05) is 0 Å². The molecule has 1 heterocycles. The van der Waals surface area contributed by atoms with Crippen molar-refractivity contribution >= 4 is 29.2 Å². The molecule has 0 fully saturated rings. The number of esters is 1. The molecule has 0 unspecified atom stereocenters. The molecule has 25 heavy (non-hydrogen) atoms. The summed E-state index contributed by atoms with van der Waals surface area (Å²) >= 11 is 12.0. The fourth-order valence-electron chi connectivity index (χ4n) is 2.32. The van der Waals surface area contributed by atoms with Crippen LogP contribution in [0, 0.1) is 6.92 Å². The Kier molecular flexibility index (Phi) is 5.41. The van der Waals surface area contributed by atoms with E-state index >= 15 is 0 Å². The van der Waals surface area contributed by atoms with Crippen LogP contribution in [0.25, 0.3) is 11.3 Å². The Morgan fingerprint density at radius 1 is 1.20 bits per heavy atom. The molecule has 0 aliphatic rings. The molecule has 6 heteroatoms. The van der Waals surface area contributed by atoms with Gasteiger partial charge in [-0.3, -0.25) is 4.79 Å². The fourth-order valence-corrected chi connectivity index (χ4v) is 2.78. The Bertz CT molecular complexity index is 905. The van der Waals surface area contributed by atoms with E-state index in [9.17, 15) is 4.79 Å². The van der Waals surface area contributed by atoms with Crippen molar-refractivity contribution in [3.05, 3.63) is 70.2 Å². The topological polar surface area (TPSA) is 52.3 Å². The molecular formula is C19H15Cl2NO3. The van der Waals surface area contributed by atoms with Crippen LogP contribution in [-0.4, -0.2) is 11.0 Å². The van der Waals surface area contributed by atoms with E-state index in [-0.39, 0.29) is 12.4 Å². The normalized spacial score (nSPS) is 10.7. The van der Waals surface area contributed by atoms with Crippen molar-refractivity contribution in [3.63, 3.8) is 0 Å². The van der Waals surface area contributed by atoms with Crippen molar-refractivity contribution in [1.29, 1.82) is 0 Å². The first kappa shape index (κ1) is 17.5. The predicted octanol–water partition coefficient (Wildman–Crippen LogP) is 5.50. The highest BCUT2D eigenvalue weighted by Crippen LogP contribution is 2.28. The van der Waals surface area contributed by atoms with Gasteiger partial charge in [-0.25, -0.2) is 4.98 Å². The molecule has 0 saturated carbocycles. The van der Waals surface area contributed by atoms with Crippen LogP contribution in [0.15, 0.2) is 53.1 Å². The number of rotatable bonds is 5. The number of halogens is 2. The quantitative estimate of drug-likeness (QED) is 0.436. The zero-order valence-corrected chi connectivity index (χ0v) is 15.0. The van der Waals surface area contributed by atoms with Crippen LogP contribution < -0.4 is 4.74 Å². The monoisotopic (exact) mass is 375 g/mol. The van der Waals surface area contributed by atoms with Gasteiger partial charge in [-0.2, -0.15) is 0 Å². The molecule has 0 atom stereocenters. The van der Waals surface area contributed by atoms with Gasteiger partial charge in [0.15, 0.2) is 11.7 Å². The van der Waals surface area contributed by atoms with Crippen LogP contribution in [-0.2, 0) is 11.2 Å². The zero-order chi connectivity index (χ0) is 17.8. The number of ether oxygens (including phenoxy) is 1. The number of hydrogen-bond acceptors (Lipinski definition) is 4. The van der Waals surface area contributed by atoms with Gasteiger partial charge in [0, 0.05) is 17.0 Å². The number of hydrogen-bond donors (Lipinski definition) is 0. The van der Waals surface area contributed by atoms with E-state index in [4.69, 9.17) is 32.4 Å². The minimum Gasteiger partial charge on any atom is -0.441 e. The molecule has 0 bridgehead atoms. The highest BCUT2D eigenvalue weighted by molar-refractivity contribution is 6.33. The van der Waals surface area contributed by atoms with Gasteiger partial charge in [-0.1, -0.05) is 35.3 Å². The summed E-state index contributed by atoms with van der Waals surface area (Å²) in [6.07, 6.45) is 2.10. The molecule has 0 radical (unpaired) electrons. The lowest BCUT2D eigenvalue weighted by Gasteiger charge is -2.06. The van der Waals surface area contributed by atoms with Gasteiger partial charge in [0.2, 0.25) is 0 Å². The lowest BCUT2D eigenvalue weighted by molar-refractivity contribution is -0.134. The van der Waals surface area contributed by atoms with Gasteiger partial charge in [0.1, 0.15) is 5.75 Å². The van der Waals surface area contributed by atoms with Crippen LogP contribution in [0.4, 0.5) is 0 Å². The van der Waals surface area contributed by atoms with Crippen molar-refractivity contribution in [2.24, 2.45) is 0 Å². The first-order chi connectivity index (χ1) is 12.0. The van der Waals surface area contributed by atoms with Crippen LogP contribution in [0.5, 0.6) is 5.75 Å². The van der Waals surface area contributed by atoms with E-state index in [1.165, 1.54) is 0 Å². The third kappa shape index (κ3) is 4.41. The van der Waals surface area contributed by atoms with Crippen molar-refractivity contribution < 1.29 is 13.9 Å². The van der Waals surface area contributed by atoms with E-state index in [1.807, 2.05) is 25.1 Å². The van der Waals surface area contributed by atoms with E-state index in [0.29, 0.717) is 33.9 Å². The lowest BCUT2D eigenvalue weighted by Crippen LogP contribution is -2.09. The highest BCUT2D eigenvalue weighted by atomic mass is 35.5. The van der Waals surface area contributed by atoms with Gasteiger partial charge in [-0.05, 0) is 42.8 Å².